The fourth-order valence-corrected chi connectivity index (χ4v) is 8.91. The van der Waals surface area contributed by atoms with Crippen molar-refractivity contribution >= 4 is 54.4 Å². The third-order valence-electron chi connectivity index (χ3n) is 11.8. The number of hydrogen-bond acceptors (Lipinski definition) is 4. The number of nitrogens with zero attached hydrogens (tertiary/aromatic N) is 5. The molecule has 284 valence electrons. The highest BCUT2D eigenvalue weighted by molar-refractivity contribution is 6.21. The molecule has 61 heavy (non-hydrogen) atoms. The minimum atomic E-state index is 0.671. The van der Waals surface area contributed by atoms with Crippen LogP contribution in [0.2, 0.25) is 0 Å². The molecule has 0 aliphatic rings. The standard InChI is InChI=1S/C56H35N5/c1-4-15-36(16-5-1)47-31-29-45-48(57-47)32-28-44-46-34-40(27-30-49(46)58-55(54(44)45)37-17-6-2-7-18-37)51-35-50(59-56(60-51)38-19-8-3-9-20-38)39-21-14-22-41(33-39)61-52-25-12-10-23-42(52)43-24-11-13-26-53(43)61/h1-35H. The summed E-state index contributed by atoms with van der Waals surface area (Å²) in [6.07, 6.45) is 0. The zero-order valence-electron chi connectivity index (χ0n) is 32.9. The van der Waals surface area contributed by atoms with Gasteiger partial charge >= 0.3 is 0 Å². The summed E-state index contributed by atoms with van der Waals surface area (Å²) in [5.41, 5.74) is 13.9. The molecule has 0 radical (unpaired) electrons. The van der Waals surface area contributed by atoms with Crippen LogP contribution in [0.1, 0.15) is 0 Å². The maximum Gasteiger partial charge on any atom is 0.160 e. The number of rotatable bonds is 6. The molecule has 5 heteroatoms. The van der Waals surface area contributed by atoms with Crippen LogP contribution in [-0.4, -0.2) is 24.5 Å². The fraction of sp³-hybridized carbons (Fsp3) is 0. The molecule has 0 aliphatic heterocycles. The Morgan fingerprint density at radius 3 is 1.56 bits per heavy atom. The Kier molecular flexibility index (Phi) is 8.10. The topological polar surface area (TPSA) is 56.5 Å². The highest BCUT2D eigenvalue weighted by atomic mass is 15.0. The molecule has 12 aromatic rings. The Hall–Kier alpha value is -8.28. The summed E-state index contributed by atoms with van der Waals surface area (Å²) in [5, 5.41) is 6.77. The van der Waals surface area contributed by atoms with Crippen molar-refractivity contribution in [2.75, 3.05) is 0 Å². The van der Waals surface area contributed by atoms with Crippen molar-refractivity contribution in [3.63, 3.8) is 0 Å². The van der Waals surface area contributed by atoms with Gasteiger partial charge in [0, 0.05) is 60.4 Å². The van der Waals surface area contributed by atoms with E-state index in [1.165, 1.54) is 21.8 Å². The van der Waals surface area contributed by atoms with E-state index in [9.17, 15) is 0 Å². The first kappa shape index (κ1) is 34.7. The maximum atomic E-state index is 5.38. The first-order valence-corrected chi connectivity index (χ1v) is 20.6. The highest BCUT2D eigenvalue weighted by Crippen LogP contribution is 2.40. The molecule has 4 aromatic heterocycles. The quantitative estimate of drug-likeness (QED) is 0.158. The second-order valence-corrected chi connectivity index (χ2v) is 15.4. The van der Waals surface area contributed by atoms with Gasteiger partial charge in [-0.15, -0.1) is 0 Å². The van der Waals surface area contributed by atoms with Crippen LogP contribution in [0.4, 0.5) is 0 Å². The molecule has 0 spiro atoms. The van der Waals surface area contributed by atoms with Crippen LogP contribution in [0.15, 0.2) is 212 Å². The van der Waals surface area contributed by atoms with Crippen LogP contribution in [0, 0.1) is 0 Å². The molecule has 0 saturated heterocycles. The predicted molar refractivity (Wildman–Crippen MR) is 252 cm³/mol. The summed E-state index contributed by atoms with van der Waals surface area (Å²) in [6.45, 7) is 0. The first-order valence-electron chi connectivity index (χ1n) is 20.6. The molecule has 0 aliphatic carbocycles. The fourth-order valence-electron chi connectivity index (χ4n) is 8.91. The van der Waals surface area contributed by atoms with E-state index in [0.29, 0.717) is 5.82 Å². The SMILES string of the molecule is c1ccc(-c2ccc3c(ccc4c5cc(-c6cc(-c7cccc(-n8c9ccccc9c9ccccc98)c7)nc(-c7ccccc7)n6)ccc5nc(-c5ccccc5)c34)n2)cc1. The molecule has 0 amide bonds. The lowest BCUT2D eigenvalue weighted by Gasteiger charge is -2.15. The van der Waals surface area contributed by atoms with Crippen LogP contribution in [-0.2, 0) is 0 Å². The predicted octanol–water partition coefficient (Wildman–Crippen LogP) is 14.2. The molecular formula is C56H35N5. The smallest absolute Gasteiger partial charge is 0.160 e. The van der Waals surface area contributed by atoms with Crippen molar-refractivity contribution in [2.24, 2.45) is 0 Å². The Bertz CT molecular complexity index is 3580. The van der Waals surface area contributed by atoms with Gasteiger partial charge in [0.05, 0.1) is 44.8 Å². The van der Waals surface area contributed by atoms with Gasteiger partial charge in [-0.05, 0) is 66.0 Å². The van der Waals surface area contributed by atoms with Crippen molar-refractivity contribution in [2.45, 2.75) is 0 Å². The van der Waals surface area contributed by atoms with E-state index in [1.807, 2.05) is 30.3 Å². The minimum Gasteiger partial charge on any atom is -0.309 e. The summed E-state index contributed by atoms with van der Waals surface area (Å²) >= 11 is 0. The Morgan fingerprint density at radius 2 is 0.852 bits per heavy atom. The molecule has 5 nitrogen and oxygen atoms in total. The molecular weight excluding hydrogens is 743 g/mol. The van der Waals surface area contributed by atoms with Crippen LogP contribution in [0.25, 0.3) is 116 Å². The van der Waals surface area contributed by atoms with Gasteiger partial charge in [-0.1, -0.05) is 152 Å². The van der Waals surface area contributed by atoms with E-state index in [2.05, 4.69) is 187 Å². The number of hydrogen-bond donors (Lipinski definition) is 0. The van der Waals surface area contributed by atoms with Gasteiger partial charge in [-0.25, -0.2) is 19.9 Å². The number of benzene rings is 8. The largest absolute Gasteiger partial charge is 0.309 e. The molecule has 0 saturated carbocycles. The normalized spacial score (nSPS) is 11.6. The van der Waals surface area contributed by atoms with Crippen molar-refractivity contribution in [3.8, 4) is 62.1 Å². The first-order chi connectivity index (χ1) is 30.2. The zero-order valence-corrected chi connectivity index (χ0v) is 32.9. The van der Waals surface area contributed by atoms with E-state index < -0.39 is 0 Å². The maximum absolute atomic E-state index is 5.38. The molecule has 0 atom stereocenters. The lowest BCUT2D eigenvalue weighted by molar-refractivity contribution is 1.16. The van der Waals surface area contributed by atoms with E-state index in [-0.39, 0.29) is 0 Å². The van der Waals surface area contributed by atoms with Crippen LogP contribution >= 0.6 is 0 Å². The average molecular weight is 778 g/mol. The zero-order chi connectivity index (χ0) is 40.3. The molecule has 0 fully saturated rings. The van der Waals surface area contributed by atoms with Crippen molar-refractivity contribution in [3.05, 3.63) is 212 Å². The van der Waals surface area contributed by atoms with Crippen LogP contribution < -0.4 is 0 Å². The number of aromatic nitrogens is 5. The van der Waals surface area contributed by atoms with Gasteiger partial charge in [0.15, 0.2) is 5.82 Å². The third-order valence-corrected chi connectivity index (χ3v) is 11.8. The van der Waals surface area contributed by atoms with Gasteiger partial charge in [-0.3, -0.25) is 0 Å². The van der Waals surface area contributed by atoms with Crippen LogP contribution in [0.5, 0.6) is 0 Å². The molecule has 0 bridgehead atoms. The summed E-state index contributed by atoms with van der Waals surface area (Å²) in [6, 6.07) is 74.3. The van der Waals surface area contributed by atoms with Crippen molar-refractivity contribution in [1.82, 2.24) is 24.5 Å². The van der Waals surface area contributed by atoms with Crippen molar-refractivity contribution < 1.29 is 0 Å². The second kappa shape index (κ2) is 14.2. The number of para-hydroxylation sites is 2. The Balaban J connectivity index is 1.05. The monoisotopic (exact) mass is 777 g/mol. The molecule has 8 aromatic carbocycles. The van der Waals surface area contributed by atoms with Gasteiger partial charge in [-0.2, -0.15) is 0 Å². The number of fused-ring (bicyclic) bond motifs is 8. The van der Waals surface area contributed by atoms with Gasteiger partial charge in [0.25, 0.3) is 0 Å². The summed E-state index contributed by atoms with van der Waals surface area (Å²) in [4.78, 5) is 21.0. The molecule has 4 heterocycles. The van der Waals surface area contributed by atoms with Gasteiger partial charge in [0.2, 0.25) is 0 Å². The minimum absolute atomic E-state index is 0.671. The highest BCUT2D eigenvalue weighted by Gasteiger charge is 2.18. The molecule has 0 N–H and O–H groups in total. The summed E-state index contributed by atoms with van der Waals surface area (Å²) in [7, 11) is 0. The van der Waals surface area contributed by atoms with Crippen LogP contribution in [0.3, 0.4) is 0 Å². The lowest BCUT2D eigenvalue weighted by Crippen LogP contribution is -1.98. The third kappa shape index (κ3) is 5.94. The summed E-state index contributed by atoms with van der Waals surface area (Å²) in [5.74, 6) is 0.671. The number of pyridine rings is 2. The average Bonchev–Trinajstić information content (AvgIpc) is 3.68. The lowest BCUT2D eigenvalue weighted by atomic mass is 9.95. The van der Waals surface area contributed by atoms with Crippen molar-refractivity contribution in [1.29, 1.82) is 0 Å². The molecule has 12 rings (SSSR count). The van der Waals surface area contributed by atoms with Gasteiger partial charge < -0.3 is 4.57 Å². The van der Waals surface area contributed by atoms with E-state index >= 15 is 0 Å². The Labute approximate surface area is 351 Å². The second-order valence-electron chi connectivity index (χ2n) is 15.4. The van der Waals surface area contributed by atoms with Gasteiger partial charge in [0.1, 0.15) is 0 Å². The summed E-state index contributed by atoms with van der Waals surface area (Å²) < 4.78 is 2.35. The van der Waals surface area contributed by atoms with E-state index in [4.69, 9.17) is 19.9 Å². The Morgan fingerprint density at radius 1 is 0.295 bits per heavy atom. The van der Waals surface area contributed by atoms with E-state index in [1.54, 1.807) is 0 Å². The van der Waals surface area contributed by atoms with E-state index in [0.717, 1.165) is 88.9 Å². The molecule has 0 unspecified atom stereocenters.